The van der Waals surface area contributed by atoms with Crippen LogP contribution in [0, 0.1) is 0 Å². The summed E-state index contributed by atoms with van der Waals surface area (Å²) in [6, 6.07) is 8.87. The fraction of sp³-hybridized carbons (Fsp3) is 0.182. The minimum Gasteiger partial charge on any atom is -0.478 e. The number of carboxylic acids is 1. The van der Waals surface area contributed by atoms with Crippen molar-refractivity contribution in [2.75, 3.05) is 0 Å². The average molecular weight is 192 g/mol. The van der Waals surface area contributed by atoms with Crippen LogP contribution in [-0.4, -0.2) is 17.2 Å². The SMILES string of the molecule is C=CC[C@@H](Oc1ccccc1)C(=O)O. The minimum absolute atomic E-state index is 0.296. The minimum atomic E-state index is -0.978. The third-order valence-corrected chi connectivity index (χ3v) is 1.68. The highest BCUT2D eigenvalue weighted by atomic mass is 16.5. The highest BCUT2D eigenvalue weighted by Gasteiger charge is 2.16. The number of carbonyl (C=O) groups is 1. The zero-order chi connectivity index (χ0) is 10.4. The lowest BCUT2D eigenvalue weighted by atomic mass is 10.2. The number of hydrogen-bond acceptors (Lipinski definition) is 2. The van der Waals surface area contributed by atoms with E-state index in [1.54, 1.807) is 24.3 Å². The Morgan fingerprint density at radius 3 is 2.64 bits per heavy atom. The summed E-state index contributed by atoms with van der Waals surface area (Å²) in [4.78, 5) is 10.7. The molecule has 1 aromatic carbocycles. The Morgan fingerprint density at radius 2 is 2.14 bits per heavy atom. The van der Waals surface area contributed by atoms with E-state index in [0.717, 1.165) is 0 Å². The summed E-state index contributed by atoms with van der Waals surface area (Å²) in [6.07, 6.45) is 0.973. The summed E-state index contributed by atoms with van der Waals surface area (Å²) < 4.78 is 5.25. The normalized spacial score (nSPS) is 11.7. The molecule has 1 aromatic rings. The van der Waals surface area contributed by atoms with Crippen LogP contribution in [0.25, 0.3) is 0 Å². The van der Waals surface area contributed by atoms with Gasteiger partial charge >= 0.3 is 5.97 Å². The monoisotopic (exact) mass is 192 g/mol. The second-order valence-corrected chi connectivity index (χ2v) is 2.78. The first-order chi connectivity index (χ1) is 6.74. The van der Waals surface area contributed by atoms with Gasteiger partial charge in [0.1, 0.15) is 5.75 Å². The summed E-state index contributed by atoms with van der Waals surface area (Å²) in [5.41, 5.74) is 0. The van der Waals surface area contributed by atoms with E-state index in [4.69, 9.17) is 9.84 Å². The van der Waals surface area contributed by atoms with Crippen LogP contribution < -0.4 is 4.74 Å². The number of carboxylic acid groups (broad SMARTS) is 1. The molecule has 0 aromatic heterocycles. The van der Waals surface area contributed by atoms with Gasteiger partial charge in [-0.1, -0.05) is 24.3 Å². The van der Waals surface area contributed by atoms with Gasteiger partial charge in [0.25, 0.3) is 0 Å². The van der Waals surface area contributed by atoms with Crippen molar-refractivity contribution in [2.45, 2.75) is 12.5 Å². The Bertz CT molecular complexity index is 306. The molecular weight excluding hydrogens is 180 g/mol. The lowest BCUT2D eigenvalue weighted by molar-refractivity contribution is -0.144. The lowest BCUT2D eigenvalue weighted by Gasteiger charge is -2.12. The zero-order valence-corrected chi connectivity index (χ0v) is 7.72. The van der Waals surface area contributed by atoms with Gasteiger partial charge in [-0.2, -0.15) is 0 Å². The van der Waals surface area contributed by atoms with Crippen molar-refractivity contribution < 1.29 is 14.6 Å². The van der Waals surface area contributed by atoms with Gasteiger partial charge in [0.2, 0.25) is 0 Å². The predicted molar refractivity (Wildman–Crippen MR) is 53.3 cm³/mol. The first kappa shape index (κ1) is 10.3. The summed E-state index contributed by atoms with van der Waals surface area (Å²) in [5, 5.41) is 8.79. The molecule has 0 spiro atoms. The molecular formula is C11H12O3. The van der Waals surface area contributed by atoms with Crippen LogP contribution in [0.3, 0.4) is 0 Å². The van der Waals surface area contributed by atoms with E-state index in [1.165, 1.54) is 6.08 Å². The molecule has 1 rings (SSSR count). The van der Waals surface area contributed by atoms with E-state index in [1.807, 2.05) is 6.07 Å². The van der Waals surface area contributed by atoms with Crippen molar-refractivity contribution in [3.8, 4) is 5.75 Å². The Hall–Kier alpha value is -1.77. The molecule has 0 heterocycles. The molecule has 0 amide bonds. The molecule has 3 heteroatoms. The number of benzene rings is 1. The van der Waals surface area contributed by atoms with Gasteiger partial charge in [0.15, 0.2) is 6.10 Å². The van der Waals surface area contributed by atoms with Gasteiger partial charge in [-0.15, -0.1) is 6.58 Å². The molecule has 1 atom stereocenters. The average Bonchev–Trinajstić information content (AvgIpc) is 2.18. The van der Waals surface area contributed by atoms with Crippen molar-refractivity contribution in [3.63, 3.8) is 0 Å². The fourth-order valence-electron chi connectivity index (χ4n) is 1.01. The van der Waals surface area contributed by atoms with Crippen molar-refractivity contribution in [3.05, 3.63) is 43.0 Å². The van der Waals surface area contributed by atoms with Crippen LogP contribution in [-0.2, 0) is 4.79 Å². The van der Waals surface area contributed by atoms with Gasteiger partial charge in [-0.05, 0) is 12.1 Å². The molecule has 74 valence electrons. The molecule has 0 aliphatic carbocycles. The molecule has 14 heavy (non-hydrogen) atoms. The predicted octanol–water partition coefficient (Wildman–Crippen LogP) is 2.09. The summed E-state index contributed by atoms with van der Waals surface area (Å²) in [6.45, 7) is 3.48. The third kappa shape index (κ3) is 2.94. The first-order valence-corrected chi connectivity index (χ1v) is 4.29. The second-order valence-electron chi connectivity index (χ2n) is 2.78. The molecule has 0 saturated carbocycles. The maximum atomic E-state index is 10.7. The van der Waals surface area contributed by atoms with E-state index in [9.17, 15) is 4.79 Å². The fourth-order valence-corrected chi connectivity index (χ4v) is 1.01. The number of para-hydroxylation sites is 1. The maximum Gasteiger partial charge on any atom is 0.345 e. The summed E-state index contributed by atoms with van der Waals surface area (Å²) >= 11 is 0. The zero-order valence-electron chi connectivity index (χ0n) is 7.72. The molecule has 0 radical (unpaired) electrons. The van der Waals surface area contributed by atoms with Crippen LogP contribution in [0.1, 0.15) is 6.42 Å². The Labute approximate surface area is 82.6 Å². The second kappa shape index (κ2) is 5.07. The van der Waals surface area contributed by atoms with E-state index < -0.39 is 12.1 Å². The summed E-state index contributed by atoms with van der Waals surface area (Å²) in [7, 11) is 0. The third-order valence-electron chi connectivity index (χ3n) is 1.68. The number of ether oxygens (including phenoxy) is 1. The van der Waals surface area contributed by atoms with Crippen LogP contribution in [0.2, 0.25) is 0 Å². The molecule has 3 nitrogen and oxygen atoms in total. The number of rotatable bonds is 5. The molecule has 0 bridgehead atoms. The highest BCUT2D eigenvalue weighted by molar-refractivity contribution is 5.73. The van der Waals surface area contributed by atoms with Crippen molar-refractivity contribution in [2.24, 2.45) is 0 Å². The lowest BCUT2D eigenvalue weighted by Crippen LogP contribution is -2.26. The van der Waals surface area contributed by atoms with Crippen molar-refractivity contribution >= 4 is 5.97 Å². The van der Waals surface area contributed by atoms with E-state index >= 15 is 0 Å². The standard InChI is InChI=1S/C11H12O3/c1-2-6-10(11(12)13)14-9-7-4-3-5-8-9/h2-5,7-8,10H,1,6H2,(H,12,13)/t10-/m1/s1. The van der Waals surface area contributed by atoms with Crippen LogP contribution in [0.5, 0.6) is 5.75 Å². The quantitative estimate of drug-likeness (QED) is 0.726. The van der Waals surface area contributed by atoms with E-state index in [2.05, 4.69) is 6.58 Å². The first-order valence-electron chi connectivity index (χ1n) is 4.29. The van der Waals surface area contributed by atoms with Crippen molar-refractivity contribution in [1.29, 1.82) is 0 Å². The molecule has 0 unspecified atom stereocenters. The van der Waals surface area contributed by atoms with Gasteiger partial charge in [0, 0.05) is 6.42 Å². The topological polar surface area (TPSA) is 46.5 Å². The Balaban J connectivity index is 2.64. The molecule has 1 N–H and O–H groups in total. The van der Waals surface area contributed by atoms with Crippen LogP contribution >= 0.6 is 0 Å². The van der Waals surface area contributed by atoms with Gasteiger partial charge in [-0.25, -0.2) is 4.79 Å². The van der Waals surface area contributed by atoms with Gasteiger partial charge < -0.3 is 9.84 Å². The molecule has 0 aliphatic rings. The summed E-state index contributed by atoms with van der Waals surface area (Å²) in [5.74, 6) is -0.421. The smallest absolute Gasteiger partial charge is 0.345 e. The maximum absolute atomic E-state index is 10.7. The van der Waals surface area contributed by atoms with E-state index in [-0.39, 0.29) is 0 Å². The van der Waals surface area contributed by atoms with Crippen LogP contribution in [0.4, 0.5) is 0 Å². The Kier molecular flexibility index (Phi) is 3.73. The van der Waals surface area contributed by atoms with Gasteiger partial charge in [0.05, 0.1) is 0 Å². The number of aliphatic carboxylic acids is 1. The van der Waals surface area contributed by atoms with E-state index in [0.29, 0.717) is 12.2 Å². The van der Waals surface area contributed by atoms with Crippen molar-refractivity contribution in [1.82, 2.24) is 0 Å². The molecule has 0 fully saturated rings. The number of hydrogen-bond donors (Lipinski definition) is 1. The molecule has 0 aliphatic heterocycles. The highest BCUT2D eigenvalue weighted by Crippen LogP contribution is 2.12. The Morgan fingerprint density at radius 1 is 1.50 bits per heavy atom. The van der Waals surface area contributed by atoms with Crippen LogP contribution in [0.15, 0.2) is 43.0 Å². The largest absolute Gasteiger partial charge is 0.478 e. The molecule has 0 saturated heterocycles. The van der Waals surface area contributed by atoms with Gasteiger partial charge in [-0.3, -0.25) is 0 Å².